The molecule has 0 aliphatic heterocycles. The van der Waals surface area contributed by atoms with Gasteiger partial charge in [-0.25, -0.2) is 0 Å². The first-order chi connectivity index (χ1) is 10.1. The molecule has 0 bridgehead atoms. The Labute approximate surface area is 142 Å². The van der Waals surface area contributed by atoms with Gasteiger partial charge in [-0.2, -0.15) is 0 Å². The highest BCUT2D eigenvalue weighted by atomic mass is 28.4. The SMILES string of the molecule is CCOC(OCC)[SiH2]CCOCCN([Si](C)(C)C)[Si](C)(C)C. The van der Waals surface area contributed by atoms with Crippen molar-refractivity contribution in [2.75, 3.05) is 33.0 Å². The lowest BCUT2D eigenvalue weighted by Gasteiger charge is -2.43. The Hall–Kier alpha value is 0.491. The zero-order valence-electron chi connectivity index (χ0n) is 16.2. The van der Waals surface area contributed by atoms with Crippen LogP contribution in [-0.2, 0) is 14.2 Å². The van der Waals surface area contributed by atoms with E-state index in [1.54, 1.807) is 0 Å². The molecule has 22 heavy (non-hydrogen) atoms. The summed E-state index contributed by atoms with van der Waals surface area (Å²) in [5.41, 5.74) is 0. The maximum Gasteiger partial charge on any atom is 0.134 e. The average molecular weight is 366 g/mol. The first kappa shape index (κ1) is 22.5. The van der Waals surface area contributed by atoms with Gasteiger partial charge in [-0.3, -0.25) is 0 Å². The van der Waals surface area contributed by atoms with Gasteiger partial charge in [0, 0.05) is 26.4 Å². The van der Waals surface area contributed by atoms with Gasteiger partial charge in [0.15, 0.2) is 0 Å². The van der Waals surface area contributed by atoms with Crippen molar-refractivity contribution in [1.82, 2.24) is 4.23 Å². The summed E-state index contributed by atoms with van der Waals surface area (Å²) >= 11 is 0. The predicted molar refractivity (Wildman–Crippen MR) is 105 cm³/mol. The lowest BCUT2D eigenvalue weighted by molar-refractivity contribution is -0.0830. The maximum absolute atomic E-state index is 5.89. The largest absolute Gasteiger partial charge is 0.380 e. The van der Waals surface area contributed by atoms with E-state index >= 15 is 0 Å². The molecule has 0 spiro atoms. The highest BCUT2D eigenvalue weighted by molar-refractivity contribution is 6.89. The first-order valence-electron chi connectivity index (χ1n) is 8.71. The Kier molecular flexibility index (Phi) is 11.4. The van der Waals surface area contributed by atoms with E-state index in [9.17, 15) is 0 Å². The molecule has 134 valence electrons. The van der Waals surface area contributed by atoms with Crippen molar-refractivity contribution >= 4 is 26.0 Å². The van der Waals surface area contributed by atoms with Crippen molar-refractivity contribution in [3.63, 3.8) is 0 Å². The van der Waals surface area contributed by atoms with Crippen LogP contribution in [0.5, 0.6) is 0 Å². The van der Waals surface area contributed by atoms with Crippen LogP contribution in [0.4, 0.5) is 0 Å². The zero-order chi connectivity index (χ0) is 17.2. The molecule has 0 fully saturated rings. The fourth-order valence-corrected chi connectivity index (χ4v) is 14.0. The monoisotopic (exact) mass is 365 g/mol. The fraction of sp³-hybridized carbons (Fsp3) is 1.00. The van der Waals surface area contributed by atoms with E-state index in [1.807, 2.05) is 13.8 Å². The molecule has 0 atom stereocenters. The highest BCUT2D eigenvalue weighted by Gasteiger charge is 2.33. The minimum Gasteiger partial charge on any atom is -0.380 e. The number of nitrogens with zero attached hydrogens (tertiary/aromatic N) is 1. The molecule has 0 unspecified atom stereocenters. The molecule has 0 saturated carbocycles. The molecule has 0 radical (unpaired) electrons. The number of hydrogen-bond acceptors (Lipinski definition) is 4. The van der Waals surface area contributed by atoms with Crippen molar-refractivity contribution in [2.45, 2.75) is 65.1 Å². The Morgan fingerprint density at radius 1 is 0.864 bits per heavy atom. The van der Waals surface area contributed by atoms with Crippen LogP contribution >= 0.6 is 0 Å². The summed E-state index contributed by atoms with van der Waals surface area (Å²) in [6.45, 7) is 23.0. The second kappa shape index (κ2) is 11.1. The minimum absolute atomic E-state index is 0.0686. The van der Waals surface area contributed by atoms with Crippen molar-refractivity contribution < 1.29 is 14.2 Å². The number of ether oxygens (including phenoxy) is 3. The van der Waals surface area contributed by atoms with E-state index in [1.165, 1.54) is 0 Å². The molecule has 0 aromatic carbocycles. The van der Waals surface area contributed by atoms with Crippen LogP contribution < -0.4 is 0 Å². The molecule has 0 aliphatic carbocycles. The van der Waals surface area contributed by atoms with Crippen molar-refractivity contribution in [1.29, 1.82) is 0 Å². The second-order valence-corrected chi connectivity index (χ2v) is 19.7. The third-order valence-electron chi connectivity index (χ3n) is 3.51. The molecule has 0 N–H and O–H groups in total. The molecular formula is C15H39NO3Si3. The van der Waals surface area contributed by atoms with Crippen molar-refractivity contribution in [2.24, 2.45) is 0 Å². The van der Waals surface area contributed by atoms with Gasteiger partial charge < -0.3 is 18.4 Å². The number of hydrogen-bond donors (Lipinski definition) is 0. The third kappa shape index (κ3) is 10.3. The summed E-state index contributed by atoms with van der Waals surface area (Å²) in [6, 6.07) is 1.13. The van der Waals surface area contributed by atoms with Crippen LogP contribution in [0.15, 0.2) is 0 Å². The molecule has 0 rings (SSSR count). The molecule has 4 nitrogen and oxygen atoms in total. The van der Waals surface area contributed by atoms with Crippen LogP contribution in [-0.4, -0.2) is 69.1 Å². The van der Waals surface area contributed by atoms with E-state index in [2.05, 4.69) is 43.5 Å². The molecule has 0 saturated heterocycles. The number of rotatable bonds is 13. The molecule has 0 heterocycles. The Morgan fingerprint density at radius 3 is 1.77 bits per heavy atom. The standard InChI is InChI=1S/C15H39NO3Si3/c1-9-18-15(19-10-2)20-14-13-17-12-11-16(21(3,4)5)22(6,7)8/h15H,9-14,20H2,1-8H3. The quantitative estimate of drug-likeness (QED) is 0.285. The van der Waals surface area contributed by atoms with E-state index in [0.717, 1.165) is 39.0 Å². The summed E-state index contributed by atoms with van der Waals surface area (Å²) < 4.78 is 19.9. The summed E-state index contributed by atoms with van der Waals surface area (Å²) in [6.07, 6.45) is 0. The van der Waals surface area contributed by atoms with Crippen molar-refractivity contribution in [3.05, 3.63) is 0 Å². The van der Waals surface area contributed by atoms with E-state index in [0.29, 0.717) is 0 Å². The van der Waals surface area contributed by atoms with Gasteiger partial charge >= 0.3 is 0 Å². The lowest BCUT2D eigenvalue weighted by Crippen LogP contribution is -2.59. The first-order valence-corrected chi connectivity index (χ1v) is 17.4. The van der Waals surface area contributed by atoms with Crippen LogP contribution in [0.1, 0.15) is 13.8 Å². The van der Waals surface area contributed by atoms with Crippen LogP contribution in [0.25, 0.3) is 0 Å². The van der Waals surface area contributed by atoms with Gasteiger partial charge in [-0.1, -0.05) is 39.3 Å². The van der Waals surface area contributed by atoms with E-state index in [-0.39, 0.29) is 15.4 Å². The average Bonchev–Trinajstić information content (AvgIpc) is 2.34. The summed E-state index contributed by atoms with van der Waals surface area (Å²) in [5, 5.41) is 0. The van der Waals surface area contributed by atoms with Crippen LogP contribution in [0.3, 0.4) is 0 Å². The van der Waals surface area contributed by atoms with Gasteiger partial charge in [0.2, 0.25) is 0 Å². The van der Waals surface area contributed by atoms with Gasteiger partial charge in [0.05, 0.1) is 16.1 Å². The predicted octanol–water partition coefficient (Wildman–Crippen LogP) is 2.92. The van der Waals surface area contributed by atoms with Gasteiger partial charge in [-0.15, -0.1) is 0 Å². The molecule has 0 amide bonds. The third-order valence-corrected chi connectivity index (χ3v) is 12.9. The Balaban J connectivity index is 3.96. The maximum atomic E-state index is 5.89. The smallest absolute Gasteiger partial charge is 0.134 e. The zero-order valence-corrected chi connectivity index (χ0v) is 19.6. The van der Waals surface area contributed by atoms with Crippen LogP contribution in [0, 0.1) is 0 Å². The van der Waals surface area contributed by atoms with E-state index in [4.69, 9.17) is 14.2 Å². The minimum atomic E-state index is -1.25. The Bertz CT molecular complexity index is 260. The van der Waals surface area contributed by atoms with E-state index < -0.39 is 16.5 Å². The summed E-state index contributed by atoms with van der Waals surface area (Å²) in [5.74, 6) is 0.0686. The molecule has 0 aliphatic rings. The fourth-order valence-electron chi connectivity index (χ4n) is 2.87. The molecule has 0 aromatic heterocycles. The lowest BCUT2D eigenvalue weighted by atomic mass is 10.7. The van der Waals surface area contributed by atoms with Crippen LogP contribution in [0.2, 0.25) is 45.3 Å². The Morgan fingerprint density at radius 2 is 1.36 bits per heavy atom. The topological polar surface area (TPSA) is 30.9 Å². The molecule has 0 aromatic rings. The molecule has 7 heteroatoms. The highest BCUT2D eigenvalue weighted by Crippen LogP contribution is 2.18. The van der Waals surface area contributed by atoms with Gasteiger partial charge in [0.25, 0.3) is 0 Å². The van der Waals surface area contributed by atoms with Crippen molar-refractivity contribution in [3.8, 4) is 0 Å². The normalized spacial score (nSPS) is 13.9. The molecular weight excluding hydrogens is 326 g/mol. The van der Waals surface area contributed by atoms with Gasteiger partial charge in [-0.05, 0) is 19.9 Å². The summed E-state index contributed by atoms with van der Waals surface area (Å²) in [7, 11) is -2.86. The second-order valence-electron chi connectivity index (χ2n) is 7.59. The van der Waals surface area contributed by atoms with Gasteiger partial charge in [0.1, 0.15) is 22.4 Å². The summed E-state index contributed by atoms with van der Waals surface area (Å²) in [4.78, 5) is 0.